The highest BCUT2D eigenvalue weighted by molar-refractivity contribution is 7.88. The number of pyridine rings is 1. The number of sulfonamides is 1. The van der Waals surface area contributed by atoms with Gasteiger partial charge in [-0.1, -0.05) is 60.7 Å². The average Bonchev–Trinajstić information content (AvgIpc) is 3.29. The van der Waals surface area contributed by atoms with E-state index in [4.69, 9.17) is 4.74 Å². The third-order valence-electron chi connectivity index (χ3n) is 7.52. The van der Waals surface area contributed by atoms with Crippen molar-refractivity contribution in [1.29, 1.82) is 0 Å². The van der Waals surface area contributed by atoms with Crippen molar-refractivity contribution in [3.8, 4) is 11.1 Å². The van der Waals surface area contributed by atoms with E-state index in [0.717, 1.165) is 55.5 Å². The Morgan fingerprint density at radius 3 is 2.31 bits per heavy atom. The molecule has 0 radical (unpaired) electrons. The fourth-order valence-electron chi connectivity index (χ4n) is 5.69. The molecule has 2 aliphatic rings. The highest BCUT2D eigenvalue weighted by Gasteiger charge is 2.37. The van der Waals surface area contributed by atoms with E-state index < -0.39 is 10.0 Å². The van der Waals surface area contributed by atoms with Gasteiger partial charge < -0.3 is 9.64 Å². The van der Waals surface area contributed by atoms with Crippen molar-refractivity contribution < 1.29 is 13.2 Å². The Labute approximate surface area is 214 Å². The van der Waals surface area contributed by atoms with Crippen LogP contribution >= 0.6 is 0 Å². The first kappa shape index (κ1) is 24.9. The summed E-state index contributed by atoms with van der Waals surface area (Å²) >= 11 is 0. The molecule has 7 heteroatoms. The molecule has 5 rings (SSSR count). The van der Waals surface area contributed by atoms with Gasteiger partial charge in [0.15, 0.2) is 0 Å². The molecule has 0 bridgehead atoms. The number of benzene rings is 2. The van der Waals surface area contributed by atoms with Crippen LogP contribution < -0.4 is 9.62 Å². The van der Waals surface area contributed by atoms with E-state index in [1.165, 1.54) is 11.8 Å². The minimum atomic E-state index is -3.33. The highest BCUT2D eigenvalue weighted by Crippen LogP contribution is 2.35. The Hall–Kier alpha value is -2.74. The van der Waals surface area contributed by atoms with Crippen LogP contribution in [0.2, 0.25) is 0 Å². The van der Waals surface area contributed by atoms with E-state index in [-0.39, 0.29) is 18.2 Å². The van der Waals surface area contributed by atoms with E-state index in [9.17, 15) is 8.42 Å². The maximum Gasteiger partial charge on any atom is 0.209 e. The zero-order valence-electron chi connectivity index (χ0n) is 20.8. The molecule has 0 unspecified atom stereocenters. The molecule has 0 amide bonds. The number of aromatic nitrogens is 1. The maximum absolute atomic E-state index is 12.1. The van der Waals surface area contributed by atoms with Crippen LogP contribution in [0, 0.1) is 0 Å². The van der Waals surface area contributed by atoms with Crippen molar-refractivity contribution in [3.63, 3.8) is 0 Å². The molecular weight excluding hydrogens is 470 g/mol. The zero-order chi connectivity index (χ0) is 25.0. The standard InChI is InChI=1S/C29H35N3O3S/c1-36(33,34)31-28-16-17-32(26-18-25(19-30-20-26)23-10-6-3-7-11-23)29(28)21-35-27-14-12-24(13-15-27)22-8-4-2-5-9-22/h2-11,18-20,24,27-29,31H,12-17,21H2,1H3/t24-,27+,28-,29-/m0/s1. The predicted molar refractivity (Wildman–Crippen MR) is 145 cm³/mol. The molecule has 36 heavy (non-hydrogen) atoms. The third-order valence-corrected chi connectivity index (χ3v) is 8.25. The number of ether oxygens (including phenoxy) is 1. The molecule has 1 saturated carbocycles. The maximum atomic E-state index is 12.1. The normalized spacial score (nSPS) is 24.6. The SMILES string of the molecule is CS(=O)(=O)N[C@H]1CCN(c2cncc(-c3ccccc3)c2)[C@H]1CO[C@H]1CC[C@@H](c2ccccc2)CC1. The van der Waals surface area contributed by atoms with E-state index in [1.807, 2.05) is 30.6 Å². The van der Waals surface area contributed by atoms with E-state index in [1.54, 1.807) is 0 Å². The Bertz CT molecular complexity index is 1230. The van der Waals surface area contributed by atoms with Gasteiger partial charge in [-0.25, -0.2) is 13.1 Å². The van der Waals surface area contributed by atoms with Crippen LogP contribution in [-0.2, 0) is 14.8 Å². The first-order valence-corrected chi connectivity index (χ1v) is 14.8. The lowest BCUT2D eigenvalue weighted by Gasteiger charge is -2.33. The van der Waals surface area contributed by atoms with Gasteiger partial charge in [-0.3, -0.25) is 4.98 Å². The average molecular weight is 506 g/mol. The molecule has 1 aliphatic heterocycles. The second-order valence-electron chi connectivity index (χ2n) is 10.1. The van der Waals surface area contributed by atoms with Crippen LogP contribution in [-0.4, -0.2) is 51.0 Å². The van der Waals surface area contributed by atoms with Crippen LogP contribution in [0.5, 0.6) is 0 Å². The molecule has 6 nitrogen and oxygen atoms in total. The third kappa shape index (κ3) is 6.14. The predicted octanol–water partition coefficient (Wildman–Crippen LogP) is 4.99. The van der Waals surface area contributed by atoms with Crippen LogP contribution in [0.3, 0.4) is 0 Å². The van der Waals surface area contributed by atoms with Crippen LogP contribution in [0.4, 0.5) is 5.69 Å². The van der Waals surface area contributed by atoms with Gasteiger partial charge in [0, 0.05) is 24.3 Å². The molecule has 1 N–H and O–H groups in total. The van der Waals surface area contributed by atoms with Crippen LogP contribution in [0.1, 0.15) is 43.6 Å². The molecule has 1 saturated heterocycles. The van der Waals surface area contributed by atoms with Crippen LogP contribution in [0.15, 0.2) is 79.1 Å². The van der Waals surface area contributed by atoms with E-state index >= 15 is 0 Å². The van der Waals surface area contributed by atoms with Crippen molar-refractivity contribution in [2.75, 3.05) is 24.3 Å². The van der Waals surface area contributed by atoms with Crippen molar-refractivity contribution in [1.82, 2.24) is 9.71 Å². The Morgan fingerprint density at radius 1 is 0.917 bits per heavy atom. The number of nitrogens with one attached hydrogen (secondary N) is 1. The van der Waals surface area contributed by atoms with Gasteiger partial charge in [-0.05, 0) is 55.2 Å². The summed E-state index contributed by atoms with van der Waals surface area (Å²) in [5.74, 6) is 0.598. The van der Waals surface area contributed by atoms with Crippen molar-refractivity contribution in [3.05, 3.63) is 84.7 Å². The fraction of sp³-hybridized carbons (Fsp3) is 0.414. The lowest BCUT2D eigenvalue weighted by atomic mass is 9.83. The monoisotopic (exact) mass is 505 g/mol. The van der Waals surface area contributed by atoms with Gasteiger partial charge in [-0.2, -0.15) is 0 Å². The lowest BCUT2D eigenvalue weighted by Crippen LogP contribution is -2.48. The summed E-state index contributed by atoms with van der Waals surface area (Å²) in [4.78, 5) is 6.77. The summed E-state index contributed by atoms with van der Waals surface area (Å²) in [6, 6.07) is 22.8. The van der Waals surface area contributed by atoms with E-state index in [2.05, 4.69) is 63.1 Å². The number of anilines is 1. The Balaban J connectivity index is 1.28. The van der Waals surface area contributed by atoms with Crippen LogP contribution in [0.25, 0.3) is 11.1 Å². The van der Waals surface area contributed by atoms with Crippen molar-refractivity contribution >= 4 is 15.7 Å². The minimum absolute atomic E-state index is 0.0839. The number of hydrogen-bond donors (Lipinski definition) is 1. The smallest absolute Gasteiger partial charge is 0.209 e. The minimum Gasteiger partial charge on any atom is -0.376 e. The summed E-state index contributed by atoms with van der Waals surface area (Å²) < 4.78 is 33.5. The largest absolute Gasteiger partial charge is 0.376 e. The van der Waals surface area contributed by atoms with Gasteiger partial charge in [0.2, 0.25) is 10.0 Å². The summed E-state index contributed by atoms with van der Waals surface area (Å²) in [6.07, 6.45) is 10.2. The molecule has 2 heterocycles. The van der Waals surface area contributed by atoms with Gasteiger partial charge in [-0.15, -0.1) is 0 Å². The molecular formula is C29H35N3O3S. The van der Waals surface area contributed by atoms with Gasteiger partial charge in [0.05, 0.1) is 36.9 Å². The number of nitrogens with zero attached hydrogens (tertiary/aromatic N) is 2. The molecule has 1 aliphatic carbocycles. The van der Waals surface area contributed by atoms with Gasteiger partial charge in [0.1, 0.15) is 0 Å². The molecule has 2 fully saturated rings. The summed E-state index contributed by atoms with van der Waals surface area (Å²) in [5, 5.41) is 0. The Kier molecular flexibility index (Phi) is 7.70. The van der Waals surface area contributed by atoms with E-state index in [0.29, 0.717) is 12.5 Å². The topological polar surface area (TPSA) is 71.5 Å². The molecule has 2 atom stereocenters. The number of rotatable bonds is 8. The molecule has 1 aromatic heterocycles. The second kappa shape index (κ2) is 11.1. The molecule has 2 aromatic carbocycles. The first-order valence-electron chi connectivity index (χ1n) is 12.9. The first-order chi connectivity index (χ1) is 17.5. The summed E-state index contributed by atoms with van der Waals surface area (Å²) in [7, 11) is -3.33. The second-order valence-corrected chi connectivity index (χ2v) is 11.8. The summed E-state index contributed by atoms with van der Waals surface area (Å²) in [5.41, 5.74) is 4.57. The quantitative estimate of drug-likeness (QED) is 0.467. The molecule has 0 spiro atoms. The lowest BCUT2D eigenvalue weighted by molar-refractivity contribution is 0.0157. The van der Waals surface area contributed by atoms with Crippen molar-refractivity contribution in [2.45, 2.75) is 56.2 Å². The molecule has 3 aromatic rings. The highest BCUT2D eigenvalue weighted by atomic mass is 32.2. The van der Waals surface area contributed by atoms with Gasteiger partial charge >= 0.3 is 0 Å². The zero-order valence-corrected chi connectivity index (χ0v) is 21.6. The van der Waals surface area contributed by atoms with Gasteiger partial charge in [0.25, 0.3) is 0 Å². The summed E-state index contributed by atoms with van der Waals surface area (Å²) in [6.45, 7) is 1.24. The fourth-order valence-corrected chi connectivity index (χ4v) is 6.51. The van der Waals surface area contributed by atoms with Crippen molar-refractivity contribution in [2.24, 2.45) is 0 Å². The Morgan fingerprint density at radius 2 is 1.61 bits per heavy atom. The molecule has 190 valence electrons. The number of hydrogen-bond acceptors (Lipinski definition) is 5.